The Morgan fingerprint density at radius 3 is 2.71 bits per heavy atom. The third-order valence-electron chi connectivity index (χ3n) is 6.08. The number of carbonyl (C=O) groups is 1. The number of nitrogens with zero attached hydrogens (tertiary/aromatic N) is 4. The van der Waals surface area contributed by atoms with Gasteiger partial charge in [0.2, 0.25) is 0 Å². The molecule has 2 fully saturated rings. The van der Waals surface area contributed by atoms with Crippen LogP contribution in [-0.4, -0.2) is 70.8 Å². The highest BCUT2D eigenvalue weighted by molar-refractivity contribution is 5.93. The van der Waals surface area contributed by atoms with Crippen molar-refractivity contribution < 1.29 is 4.79 Å². The number of hydrogen-bond donors (Lipinski definition) is 1. The fourth-order valence-electron chi connectivity index (χ4n) is 4.42. The number of carbonyl (C=O) groups excluding carboxylic acids is 1. The molecule has 1 atom stereocenters. The van der Waals surface area contributed by atoms with E-state index in [0.29, 0.717) is 18.2 Å². The summed E-state index contributed by atoms with van der Waals surface area (Å²) in [6.45, 7) is 5.17. The summed E-state index contributed by atoms with van der Waals surface area (Å²) >= 11 is 0. The maximum absolute atomic E-state index is 12.7. The highest BCUT2D eigenvalue weighted by Gasteiger charge is 2.29. The van der Waals surface area contributed by atoms with Gasteiger partial charge in [0, 0.05) is 24.8 Å². The van der Waals surface area contributed by atoms with Crippen LogP contribution in [0.1, 0.15) is 41.6 Å². The average molecular weight is 382 g/mol. The summed E-state index contributed by atoms with van der Waals surface area (Å²) in [6.07, 6.45) is 8.22. The molecule has 1 unspecified atom stereocenters. The molecule has 0 radical (unpaired) electrons. The molecule has 4 rings (SSSR count). The van der Waals surface area contributed by atoms with Gasteiger partial charge in [-0.25, -0.2) is 0 Å². The van der Waals surface area contributed by atoms with E-state index in [2.05, 4.69) is 39.4 Å². The van der Waals surface area contributed by atoms with Gasteiger partial charge in [-0.05, 0) is 57.9 Å². The molecule has 0 spiro atoms. The fraction of sp³-hybridized carbons (Fsp3) is 0.545. The highest BCUT2D eigenvalue weighted by Crippen LogP contribution is 2.20. The van der Waals surface area contributed by atoms with Gasteiger partial charge in [0.05, 0.1) is 18.3 Å². The third-order valence-corrected chi connectivity index (χ3v) is 6.08. The molecule has 2 saturated heterocycles. The molecule has 1 aromatic heterocycles. The summed E-state index contributed by atoms with van der Waals surface area (Å²) in [6, 6.07) is 11.1. The van der Waals surface area contributed by atoms with Gasteiger partial charge in [-0.2, -0.15) is 5.10 Å². The molecule has 1 N–H and O–H groups in total. The number of aromatic nitrogens is 2. The zero-order chi connectivity index (χ0) is 19.3. The summed E-state index contributed by atoms with van der Waals surface area (Å²) in [4.78, 5) is 17.7. The Kier molecular flexibility index (Phi) is 6.07. The van der Waals surface area contributed by atoms with Crippen LogP contribution < -0.4 is 5.32 Å². The quantitative estimate of drug-likeness (QED) is 0.863. The molecule has 1 amide bonds. The first kappa shape index (κ1) is 19.2. The Bertz CT molecular complexity index is 766. The van der Waals surface area contributed by atoms with Gasteiger partial charge in [-0.1, -0.05) is 30.3 Å². The van der Waals surface area contributed by atoms with Crippen LogP contribution in [0, 0.1) is 0 Å². The van der Waals surface area contributed by atoms with Gasteiger partial charge >= 0.3 is 0 Å². The van der Waals surface area contributed by atoms with Crippen LogP contribution in [0.3, 0.4) is 0 Å². The van der Waals surface area contributed by atoms with Crippen molar-refractivity contribution >= 4 is 5.91 Å². The molecule has 150 valence electrons. The van der Waals surface area contributed by atoms with E-state index in [4.69, 9.17) is 0 Å². The smallest absolute Gasteiger partial charge is 0.254 e. The lowest BCUT2D eigenvalue weighted by Gasteiger charge is -2.41. The minimum atomic E-state index is -0.00506. The van der Waals surface area contributed by atoms with Crippen molar-refractivity contribution in [2.24, 2.45) is 0 Å². The van der Waals surface area contributed by atoms with Crippen molar-refractivity contribution in [1.29, 1.82) is 0 Å². The number of nitrogens with one attached hydrogen (secondary N) is 1. The number of rotatable bonds is 5. The van der Waals surface area contributed by atoms with Crippen LogP contribution in [0.2, 0.25) is 0 Å². The number of benzene rings is 1. The van der Waals surface area contributed by atoms with Crippen molar-refractivity contribution in [2.45, 2.75) is 44.3 Å². The maximum atomic E-state index is 12.7. The van der Waals surface area contributed by atoms with Crippen LogP contribution in [0.25, 0.3) is 0 Å². The van der Waals surface area contributed by atoms with Gasteiger partial charge < -0.3 is 10.2 Å². The summed E-state index contributed by atoms with van der Waals surface area (Å²) in [5.74, 6) is -0.00506. The Hall–Kier alpha value is -2.18. The Morgan fingerprint density at radius 1 is 1.14 bits per heavy atom. The zero-order valence-corrected chi connectivity index (χ0v) is 16.8. The first-order chi connectivity index (χ1) is 13.7. The van der Waals surface area contributed by atoms with Crippen LogP contribution in [0.4, 0.5) is 0 Å². The molecular weight excluding hydrogens is 350 g/mol. The van der Waals surface area contributed by atoms with Crippen molar-refractivity contribution in [3.63, 3.8) is 0 Å². The Balaban J connectivity index is 1.31. The lowest BCUT2D eigenvalue weighted by molar-refractivity contribution is 0.0766. The van der Waals surface area contributed by atoms with Crippen LogP contribution >= 0.6 is 0 Å². The van der Waals surface area contributed by atoms with Crippen molar-refractivity contribution in [1.82, 2.24) is 24.9 Å². The average Bonchev–Trinajstić information content (AvgIpc) is 3.18. The first-order valence-corrected chi connectivity index (χ1v) is 10.5. The molecule has 0 saturated carbocycles. The molecule has 28 heavy (non-hydrogen) atoms. The second-order valence-corrected chi connectivity index (χ2v) is 8.25. The van der Waals surface area contributed by atoms with Crippen molar-refractivity contribution in [3.8, 4) is 0 Å². The van der Waals surface area contributed by atoms with Crippen molar-refractivity contribution in [3.05, 3.63) is 53.9 Å². The summed E-state index contributed by atoms with van der Waals surface area (Å²) < 4.78 is 1.83. The standard InChI is InChI=1S/C22H31N5O/c1-25-12-9-21(10-13-25)26-11-5-8-20(17-26)24-22(28)19-14-23-27(16-19)15-18-6-3-2-4-7-18/h2-4,6-7,14,16,20-21H,5,8-13,15,17H2,1H3,(H,24,28). The lowest BCUT2D eigenvalue weighted by Crippen LogP contribution is -2.53. The molecule has 0 aliphatic carbocycles. The predicted molar refractivity (Wildman–Crippen MR) is 110 cm³/mol. The molecule has 3 heterocycles. The predicted octanol–water partition coefficient (Wildman–Crippen LogP) is 2.22. The molecule has 2 aliphatic heterocycles. The number of piperidine rings is 2. The van der Waals surface area contributed by atoms with E-state index in [0.717, 1.165) is 25.9 Å². The molecule has 1 aromatic carbocycles. The van der Waals surface area contributed by atoms with E-state index in [9.17, 15) is 4.79 Å². The van der Waals surface area contributed by atoms with Crippen LogP contribution in [0.15, 0.2) is 42.7 Å². The van der Waals surface area contributed by atoms with Gasteiger partial charge in [-0.3, -0.25) is 14.4 Å². The van der Waals surface area contributed by atoms with Gasteiger partial charge in [0.25, 0.3) is 5.91 Å². The van der Waals surface area contributed by atoms with E-state index in [1.54, 1.807) is 6.20 Å². The minimum absolute atomic E-state index is 0.00506. The van der Waals surface area contributed by atoms with E-state index in [1.807, 2.05) is 29.1 Å². The van der Waals surface area contributed by atoms with E-state index < -0.39 is 0 Å². The minimum Gasteiger partial charge on any atom is -0.348 e. The molecular formula is C22H31N5O. The monoisotopic (exact) mass is 381 g/mol. The lowest BCUT2D eigenvalue weighted by atomic mass is 9.98. The van der Waals surface area contributed by atoms with Crippen LogP contribution in [-0.2, 0) is 6.54 Å². The zero-order valence-electron chi connectivity index (χ0n) is 16.8. The van der Waals surface area contributed by atoms with Crippen molar-refractivity contribution in [2.75, 3.05) is 33.2 Å². The second-order valence-electron chi connectivity index (χ2n) is 8.25. The van der Waals surface area contributed by atoms with E-state index >= 15 is 0 Å². The molecule has 6 nitrogen and oxygen atoms in total. The normalized spacial score (nSPS) is 22.2. The fourth-order valence-corrected chi connectivity index (χ4v) is 4.42. The van der Waals surface area contributed by atoms with Crippen LogP contribution in [0.5, 0.6) is 0 Å². The molecule has 2 aromatic rings. The molecule has 2 aliphatic rings. The Labute approximate surface area is 167 Å². The number of likely N-dealkylation sites (tertiary alicyclic amines) is 2. The van der Waals surface area contributed by atoms with Gasteiger partial charge in [0.15, 0.2) is 0 Å². The summed E-state index contributed by atoms with van der Waals surface area (Å²) in [5.41, 5.74) is 1.82. The molecule has 0 bridgehead atoms. The Morgan fingerprint density at radius 2 is 1.93 bits per heavy atom. The van der Waals surface area contributed by atoms with E-state index in [-0.39, 0.29) is 11.9 Å². The SMILES string of the molecule is CN1CCC(N2CCCC(NC(=O)c3cnn(Cc4ccccc4)c3)C2)CC1. The maximum Gasteiger partial charge on any atom is 0.254 e. The summed E-state index contributed by atoms with van der Waals surface area (Å²) in [7, 11) is 2.20. The van der Waals surface area contributed by atoms with E-state index in [1.165, 1.54) is 31.5 Å². The topological polar surface area (TPSA) is 53.4 Å². The first-order valence-electron chi connectivity index (χ1n) is 10.5. The highest BCUT2D eigenvalue weighted by atomic mass is 16.1. The van der Waals surface area contributed by atoms with Gasteiger partial charge in [-0.15, -0.1) is 0 Å². The summed E-state index contributed by atoms with van der Waals surface area (Å²) in [5, 5.41) is 7.61. The second kappa shape index (κ2) is 8.88. The van der Waals surface area contributed by atoms with Gasteiger partial charge in [0.1, 0.15) is 0 Å². The number of hydrogen-bond acceptors (Lipinski definition) is 4. The third kappa shape index (κ3) is 4.80. The number of amides is 1. The molecule has 6 heteroatoms. The largest absolute Gasteiger partial charge is 0.348 e.